The van der Waals surface area contributed by atoms with Crippen LogP contribution in [0.4, 0.5) is 5.69 Å². The summed E-state index contributed by atoms with van der Waals surface area (Å²) in [6.45, 7) is 0. The maximum atomic E-state index is 11.2. The molecule has 1 aliphatic carbocycles. The molecule has 2 rings (SSSR count). The monoisotopic (exact) mass is 268 g/mol. The molecule has 80 valence electrons. The highest BCUT2D eigenvalue weighted by Gasteiger charge is 2.34. The summed E-state index contributed by atoms with van der Waals surface area (Å²) in [7, 11) is 0. The Kier molecular flexibility index (Phi) is 2.95. The van der Waals surface area contributed by atoms with E-state index < -0.39 is 0 Å². The normalized spacial score (nSPS) is 17.1. The van der Waals surface area contributed by atoms with E-state index in [4.69, 9.17) is 5.73 Å². The van der Waals surface area contributed by atoms with E-state index in [1.807, 2.05) is 24.3 Å². The Morgan fingerprint density at radius 2 is 2.00 bits per heavy atom. The first-order valence-electron chi connectivity index (χ1n) is 4.98. The van der Waals surface area contributed by atoms with Crippen LogP contribution in [-0.2, 0) is 4.79 Å². The van der Waals surface area contributed by atoms with Gasteiger partial charge in [-0.2, -0.15) is 0 Å². The van der Waals surface area contributed by atoms with Gasteiger partial charge in [-0.05, 0) is 43.0 Å². The van der Waals surface area contributed by atoms with Gasteiger partial charge in [0.25, 0.3) is 0 Å². The number of rotatable bonds is 4. The molecule has 15 heavy (non-hydrogen) atoms. The Balaban J connectivity index is 2.05. The fourth-order valence-electron chi connectivity index (χ4n) is 1.58. The summed E-state index contributed by atoms with van der Waals surface area (Å²) < 4.78 is 1.02. The third kappa shape index (κ3) is 2.72. The zero-order valence-electron chi connectivity index (χ0n) is 8.24. The van der Waals surface area contributed by atoms with Crippen LogP contribution in [0.25, 0.3) is 0 Å². The minimum atomic E-state index is -0.264. The molecule has 1 aromatic rings. The van der Waals surface area contributed by atoms with E-state index in [1.54, 1.807) is 0 Å². The van der Waals surface area contributed by atoms with Crippen molar-refractivity contribution in [2.24, 2.45) is 11.7 Å². The van der Waals surface area contributed by atoms with Crippen LogP contribution in [-0.4, -0.2) is 11.9 Å². The Morgan fingerprint density at radius 1 is 1.40 bits per heavy atom. The molecule has 0 heterocycles. The lowest BCUT2D eigenvalue weighted by atomic mass is 10.1. The van der Waals surface area contributed by atoms with Gasteiger partial charge in [-0.1, -0.05) is 15.9 Å². The van der Waals surface area contributed by atoms with E-state index in [0.29, 0.717) is 5.92 Å². The fourth-order valence-corrected chi connectivity index (χ4v) is 1.84. The van der Waals surface area contributed by atoms with Crippen molar-refractivity contribution in [3.8, 4) is 0 Å². The lowest BCUT2D eigenvalue weighted by molar-refractivity contribution is -0.119. The Bertz CT molecular complexity index is 359. The molecule has 0 radical (unpaired) electrons. The Morgan fingerprint density at radius 3 is 2.47 bits per heavy atom. The zero-order valence-corrected chi connectivity index (χ0v) is 9.83. The number of hydrogen-bond acceptors (Lipinski definition) is 2. The molecule has 1 atom stereocenters. The van der Waals surface area contributed by atoms with E-state index in [-0.39, 0.29) is 11.9 Å². The number of anilines is 1. The first-order valence-corrected chi connectivity index (χ1v) is 5.77. The molecule has 3 N–H and O–H groups in total. The molecule has 3 nitrogen and oxygen atoms in total. The van der Waals surface area contributed by atoms with E-state index in [9.17, 15) is 4.79 Å². The quantitative estimate of drug-likeness (QED) is 0.879. The summed E-state index contributed by atoms with van der Waals surface area (Å²) >= 11 is 3.36. The van der Waals surface area contributed by atoms with Crippen molar-refractivity contribution in [2.45, 2.75) is 18.9 Å². The van der Waals surface area contributed by atoms with Gasteiger partial charge in [0.15, 0.2) is 0 Å². The predicted molar refractivity (Wildman–Crippen MR) is 63.5 cm³/mol. The van der Waals surface area contributed by atoms with Gasteiger partial charge in [0.05, 0.1) is 0 Å². The van der Waals surface area contributed by atoms with Crippen LogP contribution in [0.3, 0.4) is 0 Å². The lowest BCUT2D eigenvalue weighted by Gasteiger charge is -2.15. The molecule has 0 aliphatic heterocycles. The lowest BCUT2D eigenvalue weighted by Crippen LogP contribution is -2.37. The van der Waals surface area contributed by atoms with Crippen LogP contribution in [0.2, 0.25) is 0 Å². The number of halogens is 1. The van der Waals surface area contributed by atoms with Crippen molar-refractivity contribution >= 4 is 27.5 Å². The molecule has 0 spiro atoms. The van der Waals surface area contributed by atoms with Crippen LogP contribution < -0.4 is 11.1 Å². The summed E-state index contributed by atoms with van der Waals surface area (Å²) in [5.74, 6) is 0.159. The number of carbonyl (C=O) groups excluding carboxylic acids is 1. The molecule has 1 aromatic carbocycles. The highest BCUT2D eigenvalue weighted by atomic mass is 79.9. The smallest absolute Gasteiger partial charge is 0.240 e. The molecule has 0 aromatic heterocycles. The number of nitrogens with two attached hydrogens (primary N) is 1. The number of nitrogens with one attached hydrogen (secondary N) is 1. The minimum Gasteiger partial charge on any atom is -0.373 e. The van der Waals surface area contributed by atoms with Gasteiger partial charge in [-0.15, -0.1) is 0 Å². The summed E-state index contributed by atoms with van der Waals surface area (Å²) in [5.41, 5.74) is 6.28. The third-order valence-electron chi connectivity index (χ3n) is 2.57. The standard InChI is InChI=1S/C11H13BrN2O/c12-8-3-5-9(6-4-8)14-10(11(13)15)7-1-2-7/h3-7,10,14H,1-2H2,(H2,13,15). The zero-order chi connectivity index (χ0) is 10.8. The number of primary amides is 1. The van der Waals surface area contributed by atoms with E-state index in [2.05, 4.69) is 21.2 Å². The number of carbonyl (C=O) groups is 1. The number of amides is 1. The maximum Gasteiger partial charge on any atom is 0.240 e. The highest BCUT2D eigenvalue weighted by Crippen LogP contribution is 2.34. The van der Waals surface area contributed by atoms with Gasteiger partial charge in [-0.25, -0.2) is 0 Å². The topological polar surface area (TPSA) is 55.1 Å². The SMILES string of the molecule is NC(=O)C(Nc1ccc(Br)cc1)C1CC1. The van der Waals surface area contributed by atoms with Crippen molar-refractivity contribution in [3.05, 3.63) is 28.7 Å². The minimum absolute atomic E-state index is 0.217. The molecular formula is C11H13BrN2O. The van der Waals surface area contributed by atoms with Crippen molar-refractivity contribution in [1.82, 2.24) is 0 Å². The van der Waals surface area contributed by atoms with Gasteiger partial charge >= 0.3 is 0 Å². The first-order chi connectivity index (χ1) is 7.16. The summed E-state index contributed by atoms with van der Waals surface area (Å²) in [6, 6.07) is 7.52. The average Bonchev–Trinajstić information content (AvgIpc) is 3.00. The molecule has 1 saturated carbocycles. The molecule has 1 unspecified atom stereocenters. The van der Waals surface area contributed by atoms with Crippen LogP contribution in [0.5, 0.6) is 0 Å². The largest absolute Gasteiger partial charge is 0.373 e. The molecule has 1 amide bonds. The highest BCUT2D eigenvalue weighted by molar-refractivity contribution is 9.10. The molecule has 0 bridgehead atoms. The molecule has 1 aliphatic rings. The first kappa shape index (κ1) is 10.5. The summed E-state index contributed by atoms with van der Waals surface area (Å²) in [6.07, 6.45) is 2.19. The Labute approximate surface area is 97.2 Å². The van der Waals surface area contributed by atoms with Crippen molar-refractivity contribution in [3.63, 3.8) is 0 Å². The summed E-state index contributed by atoms with van der Waals surface area (Å²) in [5, 5.41) is 3.17. The van der Waals surface area contributed by atoms with Gasteiger partial charge in [0, 0.05) is 10.2 Å². The second kappa shape index (κ2) is 4.23. The predicted octanol–water partition coefficient (Wildman–Crippen LogP) is 2.12. The second-order valence-electron chi connectivity index (χ2n) is 3.87. The number of benzene rings is 1. The van der Waals surface area contributed by atoms with Crippen molar-refractivity contribution in [1.29, 1.82) is 0 Å². The van der Waals surface area contributed by atoms with Crippen LogP contribution in [0.1, 0.15) is 12.8 Å². The van der Waals surface area contributed by atoms with E-state index in [0.717, 1.165) is 23.0 Å². The van der Waals surface area contributed by atoms with Gasteiger partial charge < -0.3 is 11.1 Å². The average molecular weight is 269 g/mol. The van der Waals surface area contributed by atoms with E-state index >= 15 is 0 Å². The maximum absolute atomic E-state index is 11.2. The fraction of sp³-hybridized carbons (Fsp3) is 0.364. The van der Waals surface area contributed by atoms with Crippen molar-refractivity contribution in [2.75, 3.05) is 5.32 Å². The molecule has 4 heteroatoms. The van der Waals surface area contributed by atoms with Gasteiger partial charge in [-0.3, -0.25) is 4.79 Å². The van der Waals surface area contributed by atoms with Crippen molar-refractivity contribution < 1.29 is 4.79 Å². The van der Waals surface area contributed by atoms with Crippen LogP contribution >= 0.6 is 15.9 Å². The Hall–Kier alpha value is -1.03. The van der Waals surface area contributed by atoms with E-state index in [1.165, 1.54) is 0 Å². The second-order valence-corrected chi connectivity index (χ2v) is 4.78. The summed E-state index contributed by atoms with van der Waals surface area (Å²) in [4.78, 5) is 11.2. The molecule has 1 fully saturated rings. The molecule has 0 saturated heterocycles. The van der Waals surface area contributed by atoms with Crippen LogP contribution in [0, 0.1) is 5.92 Å². The molecular weight excluding hydrogens is 256 g/mol. The third-order valence-corrected chi connectivity index (χ3v) is 3.09. The van der Waals surface area contributed by atoms with Gasteiger partial charge in [0.1, 0.15) is 6.04 Å². The van der Waals surface area contributed by atoms with Gasteiger partial charge in [0.2, 0.25) is 5.91 Å². The van der Waals surface area contributed by atoms with Crippen LogP contribution in [0.15, 0.2) is 28.7 Å². The number of hydrogen-bond donors (Lipinski definition) is 2.